The van der Waals surface area contributed by atoms with Gasteiger partial charge in [0.05, 0.1) is 11.7 Å². The standard InChI is InChI=1S/C17H30O2/c1-15(2)12-7-9-16(15,3)14(10-12)17(19-4)8-5-6-13(18)11-17/h12-14,18H,5-11H2,1-4H3/t12-,13?,14-,16+,17?/m1/s1. The molecule has 0 amide bonds. The summed E-state index contributed by atoms with van der Waals surface area (Å²) in [4.78, 5) is 0. The lowest BCUT2D eigenvalue weighted by Crippen LogP contribution is -2.51. The van der Waals surface area contributed by atoms with Crippen molar-refractivity contribution in [1.29, 1.82) is 0 Å². The van der Waals surface area contributed by atoms with Crippen LogP contribution in [0.15, 0.2) is 0 Å². The molecule has 0 aromatic carbocycles. The number of hydrogen-bond donors (Lipinski definition) is 1. The molecule has 1 N–H and O–H groups in total. The average molecular weight is 266 g/mol. The molecule has 2 heteroatoms. The molecule has 3 saturated carbocycles. The Morgan fingerprint density at radius 2 is 1.84 bits per heavy atom. The monoisotopic (exact) mass is 266 g/mol. The third kappa shape index (κ3) is 1.68. The van der Waals surface area contributed by atoms with Crippen LogP contribution in [0.5, 0.6) is 0 Å². The van der Waals surface area contributed by atoms with E-state index in [1.807, 2.05) is 7.11 Å². The van der Waals surface area contributed by atoms with Crippen molar-refractivity contribution in [1.82, 2.24) is 0 Å². The first kappa shape index (κ1) is 13.9. The van der Waals surface area contributed by atoms with Crippen LogP contribution in [-0.4, -0.2) is 23.9 Å². The molecule has 2 nitrogen and oxygen atoms in total. The molecule has 0 aromatic rings. The Bertz CT molecular complexity index is 364. The lowest BCUT2D eigenvalue weighted by Gasteiger charge is -2.51. The van der Waals surface area contributed by atoms with E-state index in [0.717, 1.165) is 31.6 Å². The zero-order valence-electron chi connectivity index (χ0n) is 13.0. The van der Waals surface area contributed by atoms with Crippen LogP contribution in [0.3, 0.4) is 0 Å². The highest BCUT2D eigenvalue weighted by molar-refractivity contribution is 5.15. The zero-order chi connectivity index (χ0) is 13.9. The van der Waals surface area contributed by atoms with Crippen LogP contribution in [-0.2, 0) is 4.74 Å². The number of ether oxygens (including phenoxy) is 1. The molecule has 3 rings (SSSR count). The number of rotatable bonds is 2. The molecule has 19 heavy (non-hydrogen) atoms. The van der Waals surface area contributed by atoms with E-state index >= 15 is 0 Å². The summed E-state index contributed by atoms with van der Waals surface area (Å²) in [5.41, 5.74) is 0.773. The highest BCUT2D eigenvalue weighted by atomic mass is 16.5. The molecular formula is C17H30O2. The van der Waals surface area contributed by atoms with E-state index in [9.17, 15) is 5.11 Å². The van der Waals surface area contributed by atoms with Gasteiger partial charge in [-0.15, -0.1) is 0 Å². The van der Waals surface area contributed by atoms with Gasteiger partial charge in [-0.25, -0.2) is 0 Å². The van der Waals surface area contributed by atoms with Crippen molar-refractivity contribution in [3.63, 3.8) is 0 Å². The van der Waals surface area contributed by atoms with Crippen molar-refractivity contribution in [2.75, 3.05) is 7.11 Å². The van der Waals surface area contributed by atoms with E-state index in [0.29, 0.717) is 16.7 Å². The van der Waals surface area contributed by atoms with Crippen LogP contribution in [0.4, 0.5) is 0 Å². The lowest BCUT2D eigenvalue weighted by atomic mass is 9.59. The summed E-state index contributed by atoms with van der Waals surface area (Å²) in [5, 5.41) is 10.1. The van der Waals surface area contributed by atoms with Crippen LogP contribution < -0.4 is 0 Å². The lowest BCUT2D eigenvalue weighted by molar-refractivity contribution is -0.147. The Hall–Kier alpha value is -0.0800. The first-order valence-electron chi connectivity index (χ1n) is 8.09. The summed E-state index contributed by atoms with van der Waals surface area (Å²) >= 11 is 0. The van der Waals surface area contributed by atoms with Gasteiger partial charge >= 0.3 is 0 Å². The molecule has 0 aromatic heterocycles. The predicted octanol–water partition coefficient (Wildman–Crippen LogP) is 3.77. The van der Waals surface area contributed by atoms with Crippen molar-refractivity contribution < 1.29 is 9.84 Å². The topological polar surface area (TPSA) is 29.5 Å². The highest BCUT2D eigenvalue weighted by Gasteiger charge is 2.66. The fourth-order valence-corrected chi connectivity index (χ4v) is 5.88. The van der Waals surface area contributed by atoms with E-state index in [1.54, 1.807) is 0 Å². The maximum Gasteiger partial charge on any atom is 0.0736 e. The molecule has 0 heterocycles. The molecule has 0 spiro atoms. The van der Waals surface area contributed by atoms with E-state index in [2.05, 4.69) is 20.8 Å². The third-order valence-corrected chi connectivity index (χ3v) is 7.55. The maximum atomic E-state index is 10.1. The van der Waals surface area contributed by atoms with Gasteiger partial charge in [-0.1, -0.05) is 20.8 Å². The SMILES string of the molecule is COC1([C@@H]2C[C@H]3CC[C@]2(C)C3(C)C)CCCC(O)C1. The van der Waals surface area contributed by atoms with Gasteiger partial charge in [0.2, 0.25) is 0 Å². The second-order valence-corrected chi connectivity index (χ2v) is 8.18. The van der Waals surface area contributed by atoms with Gasteiger partial charge in [-0.2, -0.15) is 0 Å². The summed E-state index contributed by atoms with van der Waals surface area (Å²) in [6, 6.07) is 0. The van der Waals surface area contributed by atoms with Gasteiger partial charge in [0.1, 0.15) is 0 Å². The second-order valence-electron chi connectivity index (χ2n) is 8.18. The molecule has 0 saturated heterocycles. The molecule has 0 aliphatic heterocycles. The second kappa shape index (κ2) is 4.21. The fraction of sp³-hybridized carbons (Fsp3) is 1.00. The van der Waals surface area contributed by atoms with E-state index < -0.39 is 0 Å². The van der Waals surface area contributed by atoms with Gasteiger partial charge in [-0.05, 0) is 61.2 Å². The first-order valence-corrected chi connectivity index (χ1v) is 8.09. The van der Waals surface area contributed by atoms with Crippen LogP contribution >= 0.6 is 0 Å². The quantitative estimate of drug-likeness (QED) is 0.824. The number of hydrogen-bond acceptors (Lipinski definition) is 2. The molecule has 3 fully saturated rings. The van der Waals surface area contributed by atoms with Crippen molar-refractivity contribution >= 4 is 0 Å². The summed E-state index contributed by atoms with van der Waals surface area (Å²) in [6.07, 6.45) is 7.97. The summed E-state index contributed by atoms with van der Waals surface area (Å²) in [7, 11) is 1.88. The zero-order valence-corrected chi connectivity index (χ0v) is 13.0. The van der Waals surface area contributed by atoms with Crippen molar-refractivity contribution in [2.45, 2.75) is 77.4 Å². The number of aliphatic hydroxyl groups is 1. The highest BCUT2D eigenvalue weighted by Crippen LogP contribution is 2.71. The van der Waals surface area contributed by atoms with Crippen LogP contribution in [0.2, 0.25) is 0 Å². The molecule has 2 unspecified atom stereocenters. The molecule has 0 radical (unpaired) electrons. The number of methoxy groups -OCH3 is 1. The summed E-state index contributed by atoms with van der Waals surface area (Å²) < 4.78 is 6.08. The minimum absolute atomic E-state index is 0.0567. The van der Waals surface area contributed by atoms with Crippen LogP contribution in [0.1, 0.15) is 65.7 Å². The van der Waals surface area contributed by atoms with Crippen LogP contribution in [0.25, 0.3) is 0 Å². The summed E-state index contributed by atoms with van der Waals surface area (Å²) in [6.45, 7) is 7.42. The van der Waals surface area contributed by atoms with E-state index in [-0.39, 0.29) is 11.7 Å². The molecule has 110 valence electrons. The van der Waals surface area contributed by atoms with E-state index in [4.69, 9.17) is 4.74 Å². The Morgan fingerprint density at radius 1 is 1.11 bits per heavy atom. The van der Waals surface area contributed by atoms with Crippen molar-refractivity contribution in [3.8, 4) is 0 Å². The minimum atomic E-state index is -0.153. The summed E-state index contributed by atoms with van der Waals surface area (Å²) in [5.74, 6) is 1.49. The molecule has 2 bridgehead atoms. The smallest absolute Gasteiger partial charge is 0.0736 e. The molecule has 5 atom stereocenters. The predicted molar refractivity (Wildman–Crippen MR) is 76.9 cm³/mol. The third-order valence-electron chi connectivity index (χ3n) is 7.55. The first-order chi connectivity index (χ1) is 8.86. The minimum Gasteiger partial charge on any atom is -0.393 e. The van der Waals surface area contributed by atoms with Gasteiger partial charge in [0.15, 0.2) is 0 Å². The Balaban J connectivity index is 1.94. The van der Waals surface area contributed by atoms with Gasteiger partial charge in [0.25, 0.3) is 0 Å². The molecule has 3 aliphatic carbocycles. The maximum absolute atomic E-state index is 10.1. The van der Waals surface area contributed by atoms with Crippen LogP contribution in [0, 0.1) is 22.7 Å². The molecular weight excluding hydrogens is 236 g/mol. The number of fused-ring (bicyclic) bond motifs is 2. The van der Waals surface area contributed by atoms with Gasteiger partial charge in [-0.3, -0.25) is 0 Å². The van der Waals surface area contributed by atoms with Gasteiger partial charge in [0, 0.05) is 13.5 Å². The van der Waals surface area contributed by atoms with Crippen molar-refractivity contribution in [3.05, 3.63) is 0 Å². The van der Waals surface area contributed by atoms with E-state index in [1.165, 1.54) is 19.3 Å². The average Bonchev–Trinajstić information content (AvgIpc) is 2.71. The fourth-order valence-electron chi connectivity index (χ4n) is 5.88. The molecule has 3 aliphatic rings. The normalized spacial score (nSPS) is 52.6. The van der Waals surface area contributed by atoms with Crippen molar-refractivity contribution in [2.24, 2.45) is 22.7 Å². The largest absolute Gasteiger partial charge is 0.393 e. The van der Waals surface area contributed by atoms with Gasteiger partial charge < -0.3 is 9.84 Å². The Kier molecular flexibility index (Phi) is 3.07. The Morgan fingerprint density at radius 3 is 2.32 bits per heavy atom. The Labute approximate surface area is 117 Å². The number of aliphatic hydroxyl groups excluding tert-OH is 1.